The van der Waals surface area contributed by atoms with Crippen LogP contribution in [0.4, 0.5) is 0 Å². The normalized spacial score (nSPS) is 54.6. The zero-order chi connectivity index (χ0) is 15.7. The van der Waals surface area contributed by atoms with Crippen LogP contribution in [0.25, 0.3) is 0 Å². The van der Waals surface area contributed by atoms with Crippen LogP contribution in [0.15, 0.2) is 0 Å². The maximum absolute atomic E-state index is 12.8. The first kappa shape index (κ1) is 14.9. The molecule has 3 heteroatoms. The summed E-state index contributed by atoms with van der Waals surface area (Å²) in [6, 6.07) is 0. The average molecular weight is 304 g/mol. The van der Waals surface area contributed by atoms with Crippen molar-refractivity contribution in [2.24, 2.45) is 34.5 Å². The molecule has 0 saturated heterocycles. The van der Waals surface area contributed by atoms with Gasteiger partial charge in [0, 0.05) is 25.2 Å². The number of carbonyl (C=O) groups excluding carboxylic acids is 2. The van der Waals surface area contributed by atoms with Gasteiger partial charge in [-0.25, -0.2) is 0 Å². The van der Waals surface area contributed by atoms with E-state index in [1.54, 1.807) is 0 Å². The minimum atomic E-state index is -0.178. The zero-order valence-corrected chi connectivity index (χ0v) is 13.8. The fourth-order valence-electron chi connectivity index (χ4n) is 6.86. The summed E-state index contributed by atoms with van der Waals surface area (Å²) in [6.07, 6.45) is 6.68. The molecule has 0 aliphatic heterocycles. The number of hydrogen-bond acceptors (Lipinski definition) is 3. The van der Waals surface area contributed by atoms with Crippen LogP contribution in [0.5, 0.6) is 0 Å². The summed E-state index contributed by atoms with van der Waals surface area (Å²) in [5.41, 5.74) is 0.261. The molecule has 0 bridgehead atoms. The van der Waals surface area contributed by atoms with E-state index in [9.17, 15) is 14.7 Å². The van der Waals surface area contributed by atoms with E-state index in [0.717, 1.165) is 19.3 Å². The summed E-state index contributed by atoms with van der Waals surface area (Å²) in [4.78, 5) is 24.7. The van der Waals surface area contributed by atoms with E-state index in [0.29, 0.717) is 42.8 Å². The highest BCUT2D eigenvalue weighted by Crippen LogP contribution is 2.65. The molecule has 0 heterocycles. The summed E-state index contributed by atoms with van der Waals surface area (Å²) in [5.74, 6) is 2.12. The first-order chi connectivity index (χ1) is 10.3. The Kier molecular flexibility index (Phi) is 3.15. The van der Waals surface area contributed by atoms with Crippen LogP contribution in [-0.4, -0.2) is 22.8 Å². The molecule has 0 aromatic carbocycles. The van der Waals surface area contributed by atoms with E-state index in [4.69, 9.17) is 0 Å². The number of aliphatic hydroxyl groups is 1. The first-order valence-corrected chi connectivity index (χ1v) is 9.06. The van der Waals surface area contributed by atoms with Gasteiger partial charge in [0.2, 0.25) is 0 Å². The summed E-state index contributed by atoms with van der Waals surface area (Å²) in [5, 5.41) is 10.2. The predicted octanol–water partition coefficient (Wildman–Crippen LogP) is 3.14. The molecule has 4 fully saturated rings. The van der Waals surface area contributed by atoms with Gasteiger partial charge in [-0.3, -0.25) is 9.59 Å². The third-order valence-electron chi connectivity index (χ3n) is 8.03. The van der Waals surface area contributed by atoms with Crippen molar-refractivity contribution < 1.29 is 14.7 Å². The lowest BCUT2D eigenvalue weighted by molar-refractivity contribution is -0.157. The fourth-order valence-corrected chi connectivity index (χ4v) is 6.86. The maximum atomic E-state index is 12.8. The summed E-state index contributed by atoms with van der Waals surface area (Å²) >= 11 is 0. The maximum Gasteiger partial charge on any atom is 0.137 e. The summed E-state index contributed by atoms with van der Waals surface area (Å²) < 4.78 is 0. The number of Topliss-reactive ketones (excluding diaryl/α,β-unsaturated/α-hetero) is 2. The molecule has 0 radical (unpaired) electrons. The highest BCUT2D eigenvalue weighted by Gasteiger charge is 2.61. The zero-order valence-electron chi connectivity index (χ0n) is 13.8. The fraction of sp³-hybridized carbons (Fsp3) is 0.895. The molecule has 4 saturated carbocycles. The number of rotatable bonds is 0. The van der Waals surface area contributed by atoms with Crippen molar-refractivity contribution in [2.45, 2.75) is 71.3 Å². The summed E-state index contributed by atoms with van der Waals surface area (Å²) in [6.45, 7) is 4.61. The highest BCUT2D eigenvalue weighted by atomic mass is 16.3. The van der Waals surface area contributed by atoms with Crippen molar-refractivity contribution >= 4 is 11.6 Å². The molecule has 1 N–H and O–H groups in total. The molecule has 4 rings (SSSR count). The molecule has 4 aliphatic rings. The van der Waals surface area contributed by atoms with Crippen molar-refractivity contribution in [2.75, 3.05) is 0 Å². The van der Waals surface area contributed by atoms with Crippen LogP contribution in [0.2, 0.25) is 0 Å². The average Bonchev–Trinajstić information content (AvgIpc) is 2.76. The van der Waals surface area contributed by atoms with Gasteiger partial charge in [0.05, 0.1) is 6.10 Å². The van der Waals surface area contributed by atoms with Gasteiger partial charge in [-0.2, -0.15) is 0 Å². The largest absolute Gasteiger partial charge is 0.393 e. The van der Waals surface area contributed by atoms with E-state index >= 15 is 0 Å². The molecular formula is C19H28O3. The Labute approximate surface area is 132 Å². The van der Waals surface area contributed by atoms with Crippen LogP contribution in [0, 0.1) is 34.5 Å². The van der Waals surface area contributed by atoms with Crippen molar-refractivity contribution in [3.8, 4) is 0 Å². The van der Waals surface area contributed by atoms with Crippen molar-refractivity contribution in [3.63, 3.8) is 0 Å². The Balaban J connectivity index is 1.69. The van der Waals surface area contributed by atoms with Gasteiger partial charge < -0.3 is 5.11 Å². The smallest absolute Gasteiger partial charge is 0.137 e. The molecular weight excluding hydrogens is 276 g/mol. The molecule has 0 aromatic heterocycles. The summed E-state index contributed by atoms with van der Waals surface area (Å²) in [7, 11) is 0. The van der Waals surface area contributed by atoms with Crippen LogP contribution in [0.3, 0.4) is 0 Å². The van der Waals surface area contributed by atoms with Gasteiger partial charge in [-0.15, -0.1) is 0 Å². The molecule has 7 atom stereocenters. The Hall–Kier alpha value is -0.700. The topological polar surface area (TPSA) is 54.4 Å². The Bertz CT molecular complexity index is 527. The second kappa shape index (κ2) is 4.66. The number of fused-ring (bicyclic) bond motifs is 5. The van der Waals surface area contributed by atoms with Crippen molar-refractivity contribution in [1.82, 2.24) is 0 Å². The lowest BCUT2D eigenvalue weighted by atomic mass is 9.45. The van der Waals surface area contributed by atoms with Gasteiger partial charge in [0.25, 0.3) is 0 Å². The number of aliphatic hydroxyl groups excluding tert-OH is 1. The minimum absolute atomic E-state index is 0.0225. The molecule has 0 spiro atoms. The standard InChI is InChI=1S/C19H28O3/c1-18-5-4-14-13(15(18)8-12(21)10-18)9-17(22)16-7-11(20)3-6-19(14,16)2/h12-16,21H,3-10H2,1-2H3/t12?,13-,14+,15+,16?,18-,19-/m1/s1. The van der Waals surface area contributed by atoms with E-state index in [1.165, 1.54) is 12.8 Å². The van der Waals surface area contributed by atoms with Gasteiger partial charge >= 0.3 is 0 Å². The van der Waals surface area contributed by atoms with Crippen LogP contribution < -0.4 is 0 Å². The van der Waals surface area contributed by atoms with E-state index < -0.39 is 0 Å². The lowest BCUT2D eigenvalue weighted by Crippen LogP contribution is -2.56. The number of carbonyl (C=O) groups is 2. The second-order valence-corrected chi connectivity index (χ2v) is 9.13. The second-order valence-electron chi connectivity index (χ2n) is 9.13. The Morgan fingerprint density at radius 1 is 1.09 bits per heavy atom. The molecule has 122 valence electrons. The molecule has 0 aromatic rings. The van der Waals surface area contributed by atoms with Crippen LogP contribution in [-0.2, 0) is 9.59 Å². The Morgan fingerprint density at radius 3 is 2.64 bits per heavy atom. The first-order valence-electron chi connectivity index (χ1n) is 9.06. The monoisotopic (exact) mass is 304 g/mol. The molecule has 22 heavy (non-hydrogen) atoms. The van der Waals surface area contributed by atoms with E-state index in [-0.39, 0.29) is 28.6 Å². The SMILES string of the molecule is C[C@]12CC[C@H]3[C@@H](CC(=O)C4CC(=O)CC[C@@]43C)[C@@H]1CC(O)C2. The number of hydrogen-bond donors (Lipinski definition) is 1. The minimum Gasteiger partial charge on any atom is -0.393 e. The molecule has 3 nitrogen and oxygen atoms in total. The van der Waals surface area contributed by atoms with Gasteiger partial charge in [0.1, 0.15) is 11.6 Å². The lowest BCUT2D eigenvalue weighted by Gasteiger charge is -2.58. The third-order valence-corrected chi connectivity index (χ3v) is 8.03. The van der Waals surface area contributed by atoms with Gasteiger partial charge in [0.15, 0.2) is 0 Å². The van der Waals surface area contributed by atoms with Crippen molar-refractivity contribution in [1.29, 1.82) is 0 Å². The van der Waals surface area contributed by atoms with Gasteiger partial charge in [-0.1, -0.05) is 13.8 Å². The third kappa shape index (κ3) is 1.90. The van der Waals surface area contributed by atoms with Gasteiger partial charge in [-0.05, 0) is 60.7 Å². The highest BCUT2D eigenvalue weighted by molar-refractivity contribution is 5.90. The Morgan fingerprint density at radius 2 is 1.86 bits per heavy atom. The predicted molar refractivity (Wildman–Crippen MR) is 83.1 cm³/mol. The quantitative estimate of drug-likeness (QED) is 0.748. The molecule has 0 amide bonds. The van der Waals surface area contributed by atoms with E-state index in [1.807, 2.05) is 0 Å². The van der Waals surface area contributed by atoms with Crippen molar-refractivity contribution in [3.05, 3.63) is 0 Å². The van der Waals surface area contributed by atoms with E-state index in [2.05, 4.69) is 13.8 Å². The number of ketones is 2. The van der Waals surface area contributed by atoms with Crippen LogP contribution >= 0.6 is 0 Å². The van der Waals surface area contributed by atoms with Crippen LogP contribution in [0.1, 0.15) is 65.2 Å². The molecule has 4 aliphatic carbocycles. The molecule has 2 unspecified atom stereocenters.